The average Bonchev–Trinajstić information content (AvgIpc) is 2.90. The van der Waals surface area contributed by atoms with Gasteiger partial charge in [0.2, 0.25) is 0 Å². The third-order valence-electron chi connectivity index (χ3n) is 7.18. The van der Waals surface area contributed by atoms with Crippen LogP contribution in [0.15, 0.2) is 18.2 Å². The maximum Gasteiger partial charge on any atom is 0.132 e. The average molecular weight is 1200 g/mol. The minimum Gasteiger partial charge on any atom is -0.412 e. The van der Waals surface area contributed by atoms with E-state index in [2.05, 4.69) is 41.7 Å². The summed E-state index contributed by atoms with van der Waals surface area (Å²) < 4.78 is 15.7. The minimum absolute atomic E-state index is 0. The molecule has 0 amide bonds. The van der Waals surface area contributed by atoms with Gasteiger partial charge in [-0.25, -0.2) is 4.39 Å². The van der Waals surface area contributed by atoms with Crippen LogP contribution in [0.2, 0.25) is 0 Å². The zero-order chi connectivity index (χ0) is 25.8. The van der Waals surface area contributed by atoms with Crippen molar-refractivity contribution in [2.45, 2.75) is 38.8 Å². The highest BCUT2D eigenvalue weighted by Crippen LogP contribution is 2.17. The van der Waals surface area contributed by atoms with Crippen molar-refractivity contribution in [3.63, 3.8) is 0 Å². The molecule has 2 fully saturated rings. The molecule has 292 valence electrons. The molecule has 0 radical (unpaired) electrons. The second-order valence-electron chi connectivity index (χ2n) is 10.4. The number of nitrogens with zero attached hydrogens (tertiary/aromatic N) is 2. The molecule has 2 heterocycles. The monoisotopic (exact) mass is 1200 g/mol. The van der Waals surface area contributed by atoms with Crippen molar-refractivity contribution in [1.82, 2.24) is 41.7 Å². The molecule has 1 aromatic rings. The Labute approximate surface area is 367 Å². The van der Waals surface area contributed by atoms with Crippen LogP contribution in [0, 0.1) is 5.82 Å². The second-order valence-corrected chi connectivity index (χ2v) is 10.4. The van der Waals surface area contributed by atoms with Crippen LogP contribution >= 0.6 is 136 Å². The number of nitrogens with one attached hydrogen (secondary N) is 6. The first-order chi connectivity index (χ1) is 18.3. The Balaban J connectivity index is -0.000000253. The van der Waals surface area contributed by atoms with Crippen LogP contribution in [0.1, 0.15) is 36.8 Å². The van der Waals surface area contributed by atoms with E-state index in [9.17, 15) is 0 Å². The van der Waals surface area contributed by atoms with Crippen LogP contribution in [0.3, 0.4) is 0 Å². The van der Waals surface area contributed by atoms with Gasteiger partial charge in [-0.2, -0.15) is 0 Å². The van der Waals surface area contributed by atoms with Gasteiger partial charge in [0.25, 0.3) is 0 Å². The van der Waals surface area contributed by atoms with Gasteiger partial charge < -0.3 is 42.9 Å². The SMILES string of the molecule is Br.Br.Br.Br.Br.Br.Br.Br.Fc1c(CN2CCCNCCNCCCNCC2)cccc1CN1CCCNCCNCCCNCC1.O.O. The Hall–Kier alpha value is 2.59. The highest BCUT2D eigenvalue weighted by Gasteiger charge is 2.15. The van der Waals surface area contributed by atoms with Gasteiger partial charge in [0.1, 0.15) is 5.82 Å². The Morgan fingerprint density at radius 2 is 0.723 bits per heavy atom. The molecule has 0 spiro atoms. The van der Waals surface area contributed by atoms with E-state index in [0.717, 1.165) is 142 Å². The number of hydrogen-bond acceptors (Lipinski definition) is 8. The van der Waals surface area contributed by atoms with E-state index in [1.54, 1.807) is 0 Å². The second kappa shape index (κ2) is 46.6. The van der Waals surface area contributed by atoms with Crippen molar-refractivity contribution in [3.05, 3.63) is 35.1 Å². The number of rotatable bonds is 4. The Kier molecular flexibility index (Phi) is 67.1. The summed E-state index contributed by atoms with van der Waals surface area (Å²) in [6.07, 6.45) is 4.42. The van der Waals surface area contributed by atoms with Gasteiger partial charge in [0, 0.05) is 76.6 Å². The molecule has 0 atom stereocenters. The predicted molar refractivity (Wildman–Crippen MR) is 242 cm³/mol. The molecule has 0 aliphatic carbocycles. The first-order valence-corrected chi connectivity index (χ1v) is 14.8. The van der Waals surface area contributed by atoms with E-state index in [1.165, 1.54) is 0 Å². The molecule has 0 aromatic heterocycles. The van der Waals surface area contributed by atoms with E-state index in [0.29, 0.717) is 13.1 Å². The lowest BCUT2D eigenvalue weighted by molar-refractivity contribution is 0.249. The van der Waals surface area contributed by atoms with E-state index in [-0.39, 0.29) is 153 Å². The molecule has 2 aliphatic rings. The lowest BCUT2D eigenvalue weighted by Gasteiger charge is -2.26. The van der Waals surface area contributed by atoms with Crippen molar-refractivity contribution < 1.29 is 15.3 Å². The van der Waals surface area contributed by atoms with Crippen LogP contribution in [0.5, 0.6) is 0 Å². The first-order valence-electron chi connectivity index (χ1n) is 14.8. The zero-order valence-electron chi connectivity index (χ0n) is 27.3. The summed E-state index contributed by atoms with van der Waals surface area (Å²) in [5.74, 6) is -0.0179. The summed E-state index contributed by atoms with van der Waals surface area (Å²) in [5.41, 5.74) is 1.65. The smallest absolute Gasteiger partial charge is 0.132 e. The van der Waals surface area contributed by atoms with Crippen LogP contribution in [0.4, 0.5) is 4.39 Å². The Morgan fingerprint density at radius 1 is 0.426 bits per heavy atom. The lowest BCUT2D eigenvalue weighted by atomic mass is 10.1. The summed E-state index contributed by atoms with van der Waals surface area (Å²) in [6, 6.07) is 6.00. The molecule has 0 bridgehead atoms. The topological polar surface area (TPSA) is 142 Å². The molecule has 10 nitrogen and oxygen atoms in total. The van der Waals surface area contributed by atoms with Gasteiger partial charge in [0.15, 0.2) is 0 Å². The third kappa shape index (κ3) is 32.9. The molecule has 47 heavy (non-hydrogen) atoms. The van der Waals surface area contributed by atoms with Crippen molar-refractivity contribution in [2.24, 2.45) is 0 Å². The van der Waals surface area contributed by atoms with Crippen molar-refractivity contribution in [3.8, 4) is 0 Å². The summed E-state index contributed by atoms with van der Waals surface area (Å²) in [6.45, 7) is 17.3. The summed E-state index contributed by atoms with van der Waals surface area (Å²) >= 11 is 0. The highest BCUT2D eigenvalue weighted by molar-refractivity contribution is 8.93. The molecule has 10 N–H and O–H groups in total. The predicted octanol–water partition coefficient (Wildman–Crippen LogP) is 3.53. The molecular weight excluding hydrogens is 1140 g/mol. The Morgan fingerprint density at radius 3 is 1.06 bits per heavy atom. The molecule has 3 rings (SSSR count). The fourth-order valence-electron chi connectivity index (χ4n) is 5.01. The van der Waals surface area contributed by atoms with Gasteiger partial charge >= 0.3 is 0 Å². The minimum atomic E-state index is -0.0179. The van der Waals surface area contributed by atoms with E-state index in [4.69, 9.17) is 0 Å². The lowest BCUT2D eigenvalue weighted by Crippen LogP contribution is -2.37. The maximum atomic E-state index is 15.7. The molecule has 19 heteroatoms. The van der Waals surface area contributed by atoms with E-state index < -0.39 is 0 Å². The number of hydrogen-bond donors (Lipinski definition) is 6. The molecule has 2 aliphatic heterocycles. The fourth-order valence-corrected chi connectivity index (χ4v) is 5.01. The Bertz CT molecular complexity index is 667. The number of benzene rings is 1. The molecule has 1 aromatic carbocycles. The first kappa shape index (κ1) is 67.7. The summed E-state index contributed by atoms with van der Waals surface area (Å²) in [7, 11) is 0. The standard InChI is InChI=1S/C28H53FN8.8BrH.2H2O/c29-28-26(24-36-20-4-12-32-16-14-30-8-2-10-34-18-22-36)6-1-7-27(28)25-37-21-5-13-33-17-15-31-9-3-11-35-19-23-37;;;;;;;;;;/h1,6-7,30-35H,2-5,8-25H2;8*1H;2*1H2. The number of halogens is 9. The van der Waals surface area contributed by atoms with Crippen molar-refractivity contribution >= 4 is 136 Å². The van der Waals surface area contributed by atoms with Crippen LogP contribution in [0.25, 0.3) is 0 Å². The molecule has 0 saturated carbocycles. The van der Waals surface area contributed by atoms with Gasteiger partial charge in [-0.05, 0) is 78.0 Å². The van der Waals surface area contributed by atoms with Crippen LogP contribution in [-0.2, 0) is 13.1 Å². The summed E-state index contributed by atoms with van der Waals surface area (Å²) in [4.78, 5) is 4.82. The zero-order valence-corrected chi connectivity index (χ0v) is 41.0. The van der Waals surface area contributed by atoms with Crippen LogP contribution < -0.4 is 31.9 Å². The van der Waals surface area contributed by atoms with Crippen molar-refractivity contribution in [2.75, 3.05) is 105 Å². The van der Waals surface area contributed by atoms with Gasteiger partial charge in [-0.3, -0.25) is 9.80 Å². The maximum absolute atomic E-state index is 15.7. The quantitative estimate of drug-likeness (QED) is 0.270. The van der Waals surface area contributed by atoms with Crippen molar-refractivity contribution in [1.29, 1.82) is 0 Å². The largest absolute Gasteiger partial charge is 0.412 e. The van der Waals surface area contributed by atoms with Gasteiger partial charge in [-0.1, -0.05) is 18.2 Å². The molecular formula is C28H65Br8FN8O2. The van der Waals surface area contributed by atoms with Gasteiger partial charge in [-0.15, -0.1) is 136 Å². The fraction of sp³-hybridized carbons (Fsp3) is 0.786. The molecule has 2 saturated heterocycles. The normalized spacial score (nSPS) is 17.8. The summed E-state index contributed by atoms with van der Waals surface area (Å²) in [5, 5.41) is 21.1. The van der Waals surface area contributed by atoms with E-state index >= 15 is 4.39 Å². The highest BCUT2D eigenvalue weighted by atomic mass is 79.9. The third-order valence-corrected chi connectivity index (χ3v) is 7.18. The van der Waals surface area contributed by atoms with E-state index in [1.807, 2.05) is 18.2 Å². The van der Waals surface area contributed by atoms with Gasteiger partial charge in [0.05, 0.1) is 0 Å². The molecule has 0 unspecified atom stereocenters. The van der Waals surface area contributed by atoms with Crippen LogP contribution in [-0.4, -0.2) is 125 Å².